The third-order valence-electron chi connectivity index (χ3n) is 4.14. The molecule has 1 heterocycles. The first-order chi connectivity index (χ1) is 10.2. The summed E-state index contributed by atoms with van der Waals surface area (Å²) in [6.45, 7) is 0.813. The van der Waals surface area contributed by atoms with E-state index in [9.17, 15) is 10.1 Å². The Kier molecular flexibility index (Phi) is 3.71. The molecule has 1 fully saturated rings. The highest BCUT2D eigenvalue weighted by Gasteiger charge is 2.33. The lowest BCUT2D eigenvalue weighted by molar-refractivity contribution is -0.383. The number of nitro benzene ring substituents is 1. The molecule has 1 N–H and O–H groups in total. The van der Waals surface area contributed by atoms with Crippen LogP contribution in [0.2, 0.25) is 0 Å². The highest BCUT2D eigenvalue weighted by Crippen LogP contribution is 2.40. The summed E-state index contributed by atoms with van der Waals surface area (Å²) >= 11 is 1.88. The van der Waals surface area contributed by atoms with Gasteiger partial charge in [0.2, 0.25) is 5.52 Å². The van der Waals surface area contributed by atoms with Gasteiger partial charge < -0.3 is 5.32 Å². The van der Waals surface area contributed by atoms with Gasteiger partial charge in [-0.05, 0) is 35.5 Å². The zero-order chi connectivity index (χ0) is 14.9. The molecule has 0 bridgehead atoms. The van der Waals surface area contributed by atoms with E-state index in [0.29, 0.717) is 5.52 Å². The zero-order valence-corrected chi connectivity index (χ0v) is 12.5. The van der Waals surface area contributed by atoms with Gasteiger partial charge in [0.15, 0.2) is 5.52 Å². The van der Waals surface area contributed by atoms with E-state index in [1.165, 1.54) is 31.7 Å². The molecular weight excluding hydrogens is 292 g/mol. The van der Waals surface area contributed by atoms with Crippen LogP contribution in [0.5, 0.6) is 0 Å². The van der Waals surface area contributed by atoms with Crippen molar-refractivity contribution < 1.29 is 9.55 Å². The van der Waals surface area contributed by atoms with E-state index < -0.39 is 4.92 Å². The van der Waals surface area contributed by atoms with Gasteiger partial charge in [-0.1, -0.05) is 12.8 Å². The molecule has 7 nitrogen and oxygen atoms in total. The Morgan fingerprint density at radius 2 is 2.10 bits per heavy atom. The van der Waals surface area contributed by atoms with Crippen LogP contribution in [0.4, 0.5) is 11.4 Å². The Morgan fingerprint density at radius 1 is 1.38 bits per heavy atom. The SMILES string of the molecule is CSC1(CNc2ccc([N+](=O)[O-])c3nonc23)CCCC1. The second kappa shape index (κ2) is 5.51. The number of thioether (sulfide) groups is 1. The molecule has 8 heteroatoms. The molecule has 0 unspecified atom stereocenters. The highest BCUT2D eigenvalue weighted by atomic mass is 32.2. The summed E-state index contributed by atoms with van der Waals surface area (Å²) in [4.78, 5) is 10.5. The van der Waals surface area contributed by atoms with Gasteiger partial charge in [0.25, 0.3) is 0 Å². The van der Waals surface area contributed by atoms with Crippen molar-refractivity contribution in [1.29, 1.82) is 0 Å². The number of fused-ring (bicyclic) bond motifs is 1. The number of nitro groups is 1. The first-order valence-electron chi connectivity index (χ1n) is 6.84. The van der Waals surface area contributed by atoms with Crippen molar-refractivity contribution in [2.75, 3.05) is 18.1 Å². The van der Waals surface area contributed by atoms with Gasteiger partial charge >= 0.3 is 5.69 Å². The molecule has 1 saturated carbocycles. The second-order valence-electron chi connectivity index (χ2n) is 5.30. The summed E-state index contributed by atoms with van der Waals surface area (Å²) in [7, 11) is 0. The van der Waals surface area contributed by atoms with E-state index in [1.807, 2.05) is 11.8 Å². The summed E-state index contributed by atoms with van der Waals surface area (Å²) in [5.41, 5.74) is 1.25. The predicted molar refractivity (Wildman–Crippen MR) is 81.7 cm³/mol. The Bertz CT molecular complexity index is 666. The van der Waals surface area contributed by atoms with Crippen molar-refractivity contribution in [2.24, 2.45) is 0 Å². The van der Waals surface area contributed by atoms with Gasteiger partial charge in [0.05, 0.1) is 10.6 Å². The number of anilines is 1. The lowest BCUT2D eigenvalue weighted by Crippen LogP contribution is -2.30. The normalized spacial score (nSPS) is 17.2. The topological polar surface area (TPSA) is 94.1 Å². The third kappa shape index (κ3) is 2.55. The van der Waals surface area contributed by atoms with Gasteiger partial charge in [-0.25, -0.2) is 4.63 Å². The van der Waals surface area contributed by atoms with Crippen LogP contribution in [0.1, 0.15) is 25.7 Å². The van der Waals surface area contributed by atoms with Crippen molar-refractivity contribution in [1.82, 2.24) is 10.3 Å². The van der Waals surface area contributed by atoms with E-state index in [1.54, 1.807) is 6.07 Å². The molecule has 1 aromatic heterocycles. The fraction of sp³-hybridized carbons (Fsp3) is 0.538. The maximum atomic E-state index is 11.0. The summed E-state index contributed by atoms with van der Waals surface area (Å²) in [5.74, 6) is 0. The number of nitrogens with one attached hydrogen (secondary N) is 1. The van der Waals surface area contributed by atoms with Gasteiger partial charge in [0, 0.05) is 17.4 Å². The molecule has 1 aliphatic rings. The molecular formula is C13H16N4O3S. The number of hydrogen-bond acceptors (Lipinski definition) is 7. The summed E-state index contributed by atoms with van der Waals surface area (Å²) < 4.78 is 4.91. The van der Waals surface area contributed by atoms with Crippen molar-refractivity contribution in [2.45, 2.75) is 30.4 Å². The minimum Gasteiger partial charge on any atom is -0.382 e. The Morgan fingerprint density at radius 3 is 2.76 bits per heavy atom. The van der Waals surface area contributed by atoms with Crippen LogP contribution in [0.15, 0.2) is 16.8 Å². The molecule has 1 aliphatic carbocycles. The minimum atomic E-state index is -0.476. The fourth-order valence-electron chi connectivity index (χ4n) is 2.87. The molecule has 0 amide bonds. The average molecular weight is 308 g/mol. The van der Waals surface area contributed by atoms with Crippen molar-refractivity contribution in [3.8, 4) is 0 Å². The van der Waals surface area contributed by atoms with Crippen molar-refractivity contribution in [3.05, 3.63) is 22.2 Å². The standard InChI is InChI=1S/C13H16N4O3S/c1-21-13(6-2-3-7-13)8-14-9-4-5-10(17(18)19)12-11(9)15-20-16-12/h4-5,14H,2-3,6-8H2,1H3. The lowest BCUT2D eigenvalue weighted by Gasteiger charge is -2.27. The second-order valence-corrected chi connectivity index (χ2v) is 6.57. The fourth-order valence-corrected chi connectivity index (χ4v) is 3.79. The Labute approximate surface area is 125 Å². The largest absolute Gasteiger partial charge is 0.382 e. The first-order valence-corrected chi connectivity index (χ1v) is 8.06. The molecule has 0 radical (unpaired) electrons. The molecule has 0 saturated heterocycles. The maximum absolute atomic E-state index is 11.0. The zero-order valence-electron chi connectivity index (χ0n) is 11.7. The van der Waals surface area contributed by atoms with E-state index in [-0.39, 0.29) is 16.0 Å². The van der Waals surface area contributed by atoms with Crippen LogP contribution in [0.25, 0.3) is 11.0 Å². The number of aromatic nitrogens is 2. The van der Waals surface area contributed by atoms with E-state index in [4.69, 9.17) is 0 Å². The minimum absolute atomic E-state index is 0.0859. The van der Waals surface area contributed by atoms with Crippen LogP contribution in [0.3, 0.4) is 0 Å². The van der Waals surface area contributed by atoms with Crippen LogP contribution in [-0.4, -0.2) is 32.8 Å². The van der Waals surface area contributed by atoms with E-state index >= 15 is 0 Å². The van der Waals surface area contributed by atoms with Crippen LogP contribution in [0, 0.1) is 10.1 Å². The molecule has 2 aromatic rings. The molecule has 0 atom stereocenters. The monoisotopic (exact) mass is 308 g/mol. The molecule has 3 rings (SSSR count). The van der Waals surface area contributed by atoms with Gasteiger partial charge in [0.1, 0.15) is 0 Å². The first kappa shape index (κ1) is 14.1. The molecule has 0 aliphatic heterocycles. The van der Waals surface area contributed by atoms with E-state index in [2.05, 4.69) is 26.5 Å². The maximum Gasteiger partial charge on any atom is 0.300 e. The van der Waals surface area contributed by atoms with Gasteiger partial charge in [-0.15, -0.1) is 0 Å². The highest BCUT2D eigenvalue weighted by molar-refractivity contribution is 8.00. The summed E-state index contributed by atoms with van der Waals surface area (Å²) in [6.07, 6.45) is 7.02. The Balaban J connectivity index is 1.86. The summed E-state index contributed by atoms with van der Waals surface area (Å²) in [6, 6.07) is 3.11. The molecule has 112 valence electrons. The number of non-ortho nitro benzene ring substituents is 1. The summed E-state index contributed by atoms with van der Waals surface area (Å²) in [5, 5.41) is 21.8. The number of benzene rings is 1. The predicted octanol–water partition coefficient (Wildman–Crippen LogP) is 3.22. The third-order valence-corrected chi connectivity index (χ3v) is 5.56. The van der Waals surface area contributed by atoms with Crippen LogP contribution >= 0.6 is 11.8 Å². The number of nitrogens with zero attached hydrogens (tertiary/aromatic N) is 3. The lowest BCUT2D eigenvalue weighted by atomic mass is 10.1. The van der Waals surface area contributed by atoms with Crippen molar-refractivity contribution >= 4 is 34.2 Å². The van der Waals surface area contributed by atoms with Gasteiger partial charge in [-0.2, -0.15) is 11.8 Å². The number of hydrogen-bond donors (Lipinski definition) is 1. The average Bonchev–Trinajstić information content (AvgIpc) is 3.14. The molecule has 1 aromatic carbocycles. The van der Waals surface area contributed by atoms with Gasteiger partial charge in [-0.3, -0.25) is 10.1 Å². The molecule has 21 heavy (non-hydrogen) atoms. The Hall–Kier alpha value is -1.83. The van der Waals surface area contributed by atoms with Crippen LogP contribution < -0.4 is 5.32 Å². The van der Waals surface area contributed by atoms with E-state index in [0.717, 1.165) is 12.2 Å². The quantitative estimate of drug-likeness (QED) is 0.669. The van der Waals surface area contributed by atoms with Crippen LogP contribution in [-0.2, 0) is 0 Å². The van der Waals surface area contributed by atoms with Crippen molar-refractivity contribution in [3.63, 3.8) is 0 Å². The number of rotatable bonds is 5. The smallest absolute Gasteiger partial charge is 0.300 e. The molecule has 0 spiro atoms.